The Bertz CT molecular complexity index is 1010. The van der Waals surface area contributed by atoms with Crippen LogP contribution < -0.4 is 16.2 Å². The number of para-hydroxylation sites is 2. The topological polar surface area (TPSA) is 109 Å². The van der Waals surface area contributed by atoms with Crippen molar-refractivity contribution in [2.24, 2.45) is 5.73 Å². The van der Waals surface area contributed by atoms with Gasteiger partial charge in [0.2, 0.25) is 0 Å². The highest BCUT2D eigenvalue weighted by molar-refractivity contribution is 5.99. The highest BCUT2D eigenvalue weighted by Gasteiger charge is 2.31. The zero-order chi connectivity index (χ0) is 20.5. The van der Waals surface area contributed by atoms with Gasteiger partial charge in [-0.25, -0.2) is 4.68 Å². The molecule has 2 aromatic heterocycles. The van der Waals surface area contributed by atoms with E-state index in [0.717, 1.165) is 12.3 Å². The van der Waals surface area contributed by atoms with Crippen LogP contribution in [0.4, 0.5) is 19.0 Å². The molecule has 0 aliphatic carbocycles. The fourth-order valence-corrected chi connectivity index (χ4v) is 2.73. The van der Waals surface area contributed by atoms with Gasteiger partial charge in [0.05, 0.1) is 18.4 Å². The zero-order valence-electron chi connectivity index (χ0n) is 14.7. The van der Waals surface area contributed by atoms with E-state index in [9.17, 15) is 18.0 Å². The molecule has 0 saturated carbocycles. The zero-order valence-corrected chi connectivity index (χ0v) is 14.7. The molecule has 0 saturated heterocycles. The quantitative estimate of drug-likeness (QED) is 0.695. The number of rotatable bonds is 5. The summed E-state index contributed by atoms with van der Waals surface area (Å²) >= 11 is 0. The average molecular weight is 391 g/mol. The van der Waals surface area contributed by atoms with Crippen molar-refractivity contribution in [3.8, 4) is 11.4 Å². The monoisotopic (exact) mass is 391 g/mol. The number of benzene rings is 1. The Hall–Kier alpha value is -3.56. The Kier molecular flexibility index (Phi) is 4.95. The number of primary amides is 1. The van der Waals surface area contributed by atoms with E-state index in [2.05, 4.69) is 10.1 Å². The fraction of sp³-hybridized carbons (Fsp3) is 0.167. The minimum absolute atomic E-state index is 0.00101. The summed E-state index contributed by atoms with van der Waals surface area (Å²) in [6.45, 7) is 0. The number of hydrogen-bond donors (Lipinski definition) is 2. The number of hydrogen-bond acceptors (Lipinski definition) is 5. The number of carbonyl (C=O) groups is 1. The summed E-state index contributed by atoms with van der Waals surface area (Å²) in [6, 6.07) is 8.99. The van der Waals surface area contributed by atoms with E-state index in [1.165, 1.54) is 17.9 Å². The van der Waals surface area contributed by atoms with Crippen LogP contribution in [0.25, 0.3) is 5.69 Å². The predicted molar refractivity (Wildman–Crippen MR) is 95.1 cm³/mol. The third-order valence-electron chi connectivity index (χ3n) is 4.05. The summed E-state index contributed by atoms with van der Waals surface area (Å²) in [4.78, 5) is 15.7. The van der Waals surface area contributed by atoms with Gasteiger partial charge in [-0.15, -0.1) is 0 Å². The van der Waals surface area contributed by atoms with E-state index in [-0.39, 0.29) is 29.2 Å². The molecule has 0 spiro atoms. The standard InChI is InChI=1S/C18H16F3N5O2/c1-28-14-5-3-2-4-13(14)26-16(22)15(17(23)27)12(25-26)8-11-7-6-10(9-24-11)18(19,20)21/h2-7,9H,8,22H2,1H3,(H2,23,27). The maximum atomic E-state index is 12.7. The largest absolute Gasteiger partial charge is 0.494 e. The van der Waals surface area contributed by atoms with Crippen molar-refractivity contribution in [1.29, 1.82) is 0 Å². The van der Waals surface area contributed by atoms with Crippen LogP contribution in [0.15, 0.2) is 42.6 Å². The minimum atomic E-state index is -4.49. The molecule has 0 unspecified atom stereocenters. The number of ether oxygens (including phenoxy) is 1. The summed E-state index contributed by atoms with van der Waals surface area (Å²) in [6.07, 6.45) is -3.79. The number of aromatic nitrogens is 3. The molecule has 0 radical (unpaired) electrons. The van der Waals surface area contributed by atoms with Crippen molar-refractivity contribution in [3.63, 3.8) is 0 Å². The van der Waals surface area contributed by atoms with Gasteiger partial charge < -0.3 is 16.2 Å². The number of nitrogens with two attached hydrogens (primary N) is 2. The lowest BCUT2D eigenvalue weighted by Crippen LogP contribution is -2.15. The molecule has 146 valence electrons. The Balaban J connectivity index is 2.03. The maximum Gasteiger partial charge on any atom is 0.417 e. The first-order valence-electron chi connectivity index (χ1n) is 8.05. The first-order chi connectivity index (χ1) is 13.2. The van der Waals surface area contributed by atoms with Crippen molar-refractivity contribution in [1.82, 2.24) is 14.8 Å². The first-order valence-corrected chi connectivity index (χ1v) is 8.05. The highest BCUT2D eigenvalue weighted by Crippen LogP contribution is 2.30. The molecule has 1 aromatic carbocycles. The smallest absolute Gasteiger partial charge is 0.417 e. The lowest BCUT2D eigenvalue weighted by Gasteiger charge is -2.09. The summed E-state index contributed by atoms with van der Waals surface area (Å²) < 4.78 is 44.6. The number of pyridine rings is 1. The molecule has 2 heterocycles. The van der Waals surface area contributed by atoms with Gasteiger partial charge in [0.15, 0.2) is 0 Å². The summed E-state index contributed by atoms with van der Waals surface area (Å²) in [5, 5.41) is 4.32. The number of anilines is 1. The molecule has 0 fully saturated rings. The van der Waals surface area contributed by atoms with Gasteiger partial charge in [-0.3, -0.25) is 9.78 Å². The molecule has 1 amide bonds. The maximum absolute atomic E-state index is 12.7. The number of amides is 1. The number of halogens is 3. The Labute approximate surface area is 157 Å². The number of carbonyl (C=O) groups excluding carboxylic acids is 1. The second kappa shape index (κ2) is 7.22. The third kappa shape index (κ3) is 3.61. The molecule has 28 heavy (non-hydrogen) atoms. The Morgan fingerprint density at radius 3 is 2.50 bits per heavy atom. The van der Waals surface area contributed by atoms with Gasteiger partial charge in [-0.05, 0) is 24.3 Å². The molecule has 0 atom stereocenters. The van der Waals surface area contributed by atoms with Crippen molar-refractivity contribution in [3.05, 3.63) is 65.1 Å². The molecule has 10 heteroatoms. The van der Waals surface area contributed by atoms with Gasteiger partial charge in [0, 0.05) is 18.3 Å². The van der Waals surface area contributed by atoms with Crippen molar-refractivity contribution in [2.45, 2.75) is 12.6 Å². The molecule has 0 aliphatic heterocycles. The van der Waals surface area contributed by atoms with Crippen LogP contribution in [0.5, 0.6) is 5.75 Å². The van der Waals surface area contributed by atoms with Gasteiger partial charge in [-0.2, -0.15) is 18.3 Å². The normalized spacial score (nSPS) is 11.4. The van der Waals surface area contributed by atoms with Crippen LogP contribution in [0.3, 0.4) is 0 Å². The van der Waals surface area contributed by atoms with E-state index in [4.69, 9.17) is 16.2 Å². The molecule has 7 nitrogen and oxygen atoms in total. The lowest BCUT2D eigenvalue weighted by molar-refractivity contribution is -0.137. The molecule has 0 aliphatic rings. The highest BCUT2D eigenvalue weighted by atomic mass is 19.4. The van der Waals surface area contributed by atoms with E-state index >= 15 is 0 Å². The summed E-state index contributed by atoms with van der Waals surface area (Å²) in [5.41, 5.74) is 11.6. The van der Waals surface area contributed by atoms with Gasteiger partial charge >= 0.3 is 6.18 Å². The van der Waals surface area contributed by atoms with E-state index in [1.54, 1.807) is 24.3 Å². The SMILES string of the molecule is COc1ccccc1-n1nc(Cc2ccc(C(F)(F)F)cn2)c(C(N)=O)c1N. The first kappa shape index (κ1) is 19.2. The number of alkyl halides is 3. The number of nitrogens with zero attached hydrogens (tertiary/aromatic N) is 3. The molecular formula is C18H16F3N5O2. The van der Waals surface area contributed by atoms with Crippen LogP contribution >= 0.6 is 0 Å². The van der Waals surface area contributed by atoms with Crippen LogP contribution in [-0.4, -0.2) is 27.8 Å². The van der Waals surface area contributed by atoms with Gasteiger partial charge in [0.1, 0.15) is 22.8 Å². The molecule has 3 rings (SSSR count). The van der Waals surface area contributed by atoms with Crippen molar-refractivity contribution in [2.75, 3.05) is 12.8 Å². The number of methoxy groups -OCH3 is 1. The summed E-state index contributed by atoms with van der Waals surface area (Å²) in [5.74, 6) is -0.341. The molecule has 3 aromatic rings. The predicted octanol–water partition coefficient (Wildman–Crippen LogP) is 2.57. The average Bonchev–Trinajstić information content (AvgIpc) is 2.97. The molecule has 0 bridgehead atoms. The van der Waals surface area contributed by atoms with Crippen molar-refractivity contribution >= 4 is 11.7 Å². The second-order valence-electron chi connectivity index (χ2n) is 5.87. The van der Waals surface area contributed by atoms with Crippen molar-refractivity contribution < 1.29 is 22.7 Å². The second-order valence-corrected chi connectivity index (χ2v) is 5.87. The Morgan fingerprint density at radius 1 is 1.21 bits per heavy atom. The van der Waals surface area contributed by atoms with Gasteiger partial charge in [-0.1, -0.05) is 12.1 Å². The summed E-state index contributed by atoms with van der Waals surface area (Å²) in [7, 11) is 1.47. The third-order valence-corrected chi connectivity index (χ3v) is 4.05. The number of nitrogen functional groups attached to an aromatic ring is 1. The molecule has 4 N–H and O–H groups in total. The van der Waals surface area contributed by atoms with Crippen LogP contribution in [-0.2, 0) is 12.6 Å². The van der Waals surface area contributed by atoms with E-state index in [0.29, 0.717) is 11.4 Å². The van der Waals surface area contributed by atoms with Crippen LogP contribution in [0, 0.1) is 0 Å². The fourth-order valence-electron chi connectivity index (χ4n) is 2.73. The van der Waals surface area contributed by atoms with Crippen LogP contribution in [0.2, 0.25) is 0 Å². The molecular weight excluding hydrogens is 375 g/mol. The van der Waals surface area contributed by atoms with Gasteiger partial charge in [0.25, 0.3) is 5.91 Å². The minimum Gasteiger partial charge on any atom is -0.494 e. The van der Waals surface area contributed by atoms with Crippen LogP contribution in [0.1, 0.15) is 27.3 Å². The van der Waals surface area contributed by atoms with E-state index < -0.39 is 17.6 Å². The van der Waals surface area contributed by atoms with E-state index in [1.807, 2.05) is 0 Å². The lowest BCUT2D eigenvalue weighted by atomic mass is 10.1. The Morgan fingerprint density at radius 2 is 1.93 bits per heavy atom.